The number of amides is 1. The molecular weight excluding hydrogens is 366 g/mol. The van der Waals surface area contributed by atoms with Crippen LogP contribution >= 0.6 is 0 Å². The highest BCUT2D eigenvalue weighted by Gasteiger charge is 2.24. The molecule has 0 bridgehead atoms. The number of nitrogens with one attached hydrogen (secondary N) is 2. The van der Waals surface area contributed by atoms with E-state index >= 15 is 0 Å². The highest BCUT2D eigenvalue weighted by molar-refractivity contribution is 5.82. The lowest BCUT2D eigenvalue weighted by Crippen LogP contribution is -2.47. The number of pyridine rings is 1. The molecule has 154 valence electrons. The Morgan fingerprint density at radius 1 is 1.17 bits per heavy atom. The van der Waals surface area contributed by atoms with E-state index in [0.29, 0.717) is 6.54 Å². The zero-order chi connectivity index (χ0) is 20.1. The fourth-order valence-corrected chi connectivity index (χ4v) is 4.12. The van der Waals surface area contributed by atoms with E-state index in [0.717, 1.165) is 68.4 Å². The van der Waals surface area contributed by atoms with Gasteiger partial charge in [-0.15, -0.1) is 0 Å². The van der Waals surface area contributed by atoms with Crippen LogP contribution in [0.15, 0.2) is 42.6 Å². The summed E-state index contributed by atoms with van der Waals surface area (Å²) in [5, 5.41) is 6.32. The van der Waals surface area contributed by atoms with Crippen LogP contribution in [-0.4, -0.2) is 56.8 Å². The molecule has 3 heterocycles. The van der Waals surface area contributed by atoms with Gasteiger partial charge in [-0.2, -0.15) is 0 Å². The fraction of sp³-hybridized carbons (Fsp3) is 0.455. The average molecular weight is 396 g/mol. The molecule has 0 spiro atoms. The van der Waals surface area contributed by atoms with E-state index in [-0.39, 0.29) is 11.9 Å². The lowest BCUT2D eigenvalue weighted by atomic mass is 10.2. The standard InChI is InChI=1S/C22H29N5O2/c1-29-20-9-3-2-8-19(20)26-12-14-27(15-13-26)21-17(6-4-11-24-21)16-25-22(28)18-7-5-10-23-18/h2-4,6,8-9,11,18,23H,5,7,10,12-16H2,1H3,(H,25,28)/t18-/m0/s1. The summed E-state index contributed by atoms with van der Waals surface area (Å²) in [4.78, 5) is 21.6. The molecule has 1 atom stereocenters. The second-order valence-corrected chi connectivity index (χ2v) is 7.50. The summed E-state index contributed by atoms with van der Waals surface area (Å²) < 4.78 is 5.51. The Bertz CT molecular complexity index is 829. The normalized spacial score (nSPS) is 19.3. The largest absolute Gasteiger partial charge is 0.495 e. The Morgan fingerprint density at radius 2 is 1.97 bits per heavy atom. The SMILES string of the molecule is COc1ccccc1N1CCN(c2ncccc2CNC(=O)[C@@H]2CCCN2)CC1. The van der Waals surface area contributed by atoms with Crippen molar-refractivity contribution in [2.45, 2.75) is 25.4 Å². The van der Waals surface area contributed by atoms with Crippen LogP contribution in [0.25, 0.3) is 0 Å². The Labute approximate surface area is 172 Å². The number of benzene rings is 1. The predicted octanol–water partition coefficient (Wildman–Crippen LogP) is 1.78. The Hall–Kier alpha value is -2.80. The minimum atomic E-state index is -0.0560. The van der Waals surface area contributed by atoms with Crippen LogP contribution < -0.4 is 25.2 Å². The number of ether oxygens (including phenoxy) is 1. The molecule has 2 saturated heterocycles. The number of para-hydroxylation sites is 2. The van der Waals surface area contributed by atoms with E-state index in [1.54, 1.807) is 7.11 Å². The van der Waals surface area contributed by atoms with Crippen molar-refractivity contribution in [2.24, 2.45) is 0 Å². The summed E-state index contributed by atoms with van der Waals surface area (Å²) in [6.07, 6.45) is 3.80. The number of hydrogen-bond donors (Lipinski definition) is 2. The molecule has 0 radical (unpaired) electrons. The lowest BCUT2D eigenvalue weighted by Gasteiger charge is -2.37. The summed E-state index contributed by atoms with van der Waals surface area (Å²) >= 11 is 0. The first-order valence-corrected chi connectivity index (χ1v) is 10.3. The molecule has 1 aromatic heterocycles. The molecule has 2 fully saturated rings. The van der Waals surface area contributed by atoms with Gasteiger partial charge in [-0.05, 0) is 37.6 Å². The van der Waals surface area contributed by atoms with Crippen LogP contribution in [0.1, 0.15) is 18.4 Å². The van der Waals surface area contributed by atoms with Crippen LogP contribution in [0.3, 0.4) is 0 Å². The van der Waals surface area contributed by atoms with E-state index in [1.807, 2.05) is 30.5 Å². The molecule has 2 N–H and O–H groups in total. The number of rotatable bonds is 6. The molecular formula is C22H29N5O2. The van der Waals surface area contributed by atoms with Gasteiger partial charge in [0, 0.05) is 44.5 Å². The number of hydrogen-bond acceptors (Lipinski definition) is 6. The molecule has 0 aliphatic carbocycles. The van der Waals surface area contributed by atoms with Gasteiger partial charge in [-0.1, -0.05) is 18.2 Å². The quantitative estimate of drug-likeness (QED) is 0.777. The molecule has 7 nitrogen and oxygen atoms in total. The molecule has 2 aromatic rings. The average Bonchev–Trinajstić information content (AvgIpc) is 3.33. The fourth-order valence-electron chi connectivity index (χ4n) is 4.12. The Morgan fingerprint density at radius 3 is 2.72 bits per heavy atom. The predicted molar refractivity (Wildman–Crippen MR) is 115 cm³/mol. The summed E-state index contributed by atoms with van der Waals surface area (Å²) in [6.45, 7) is 4.98. The first-order chi connectivity index (χ1) is 14.3. The molecule has 1 amide bonds. The van der Waals surface area contributed by atoms with Crippen molar-refractivity contribution in [1.82, 2.24) is 15.6 Å². The van der Waals surface area contributed by atoms with Gasteiger partial charge in [-0.3, -0.25) is 4.79 Å². The number of methoxy groups -OCH3 is 1. The number of carbonyl (C=O) groups excluding carboxylic acids is 1. The van der Waals surface area contributed by atoms with Gasteiger partial charge in [0.25, 0.3) is 0 Å². The smallest absolute Gasteiger partial charge is 0.237 e. The molecule has 1 aromatic carbocycles. The molecule has 29 heavy (non-hydrogen) atoms. The van der Waals surface area contributed by atoms with Crippen molar-refractivity contribution in [3.8, 4) is 5.75 Å². The van der Waals surface area contributed by atoms with Gasteiger partial charge >= 0.3 is 0 Å². The topological polar surface area (TPSA) is 69.7 Å². The minimum Gasteiger partial charge on any atom is -0.495 e. The highest BCUT2D eigenvalue weighted by Crippen LogP contribution is 2.29. The maximum atomic E-state index is 12.3. The number of carbonyl (C=O) groups is 1. The van der Waals surface area contributed by atoms with Crippen molar-refractivity contribution in [2.75, 3.05) is 49.6 Å². The number of aromatic nitrogens is 1. The number of anilines is 2. The second-order valence-electron chi connectivity index (χ2n) is 7.50. The number of nitrogens with zero attached hydrogens (tertiary/aromatic N) is 3. The minimum absolute atomic E-state index is 0.0560. The van der Waals surface area contributed by atoms with Crippen LogP contribution in [0, 0.1) is 0 Å². The van der Waals surface area contributed by atoms with E-state index in [9.17, 15) is 4.79 Å². The second kappa shape index (κ2) is 9.13. The number of piperazine rings is 1. The van der Waals surface area contributed by atoms with E-state index in [4.69, 9.17) is 4.74 Å². The Kier molecular flexibility index (Phi) is 6.14. The zero-order valence-electron chi connectivity index (χ0n) is 16.9. The van der Waals surface area contributed by atoms with Crippen molar-refractivity contribution >= 4 is 17.4 Å². The van der Waals surface area contributed by atoms with Gasteiger partial charge < -0.3 is 25.2 Å². The van der Waals surface area contributed by atoms with Crippen LogP contribution in [0.4, 0.5) is 11.5 Å². The van der Waals surface area contributed by atoms with Gasteiger partial charge in [0.15, 0.2) is 0 Å². The third-order valence-corrected chi connectivity index (χ3v) is 5.70. The lowest BCUT2D eigenvalue weighted by molar-refractivity contribution is -0.122. The molecule has 2 aliphatic rings. The molecule has 7 heteroatoms. The van der Waals surface area contributed by atoms with Gasteiger partial charge in [-0.25, -0.2) is 4.98 Å². The summed E-state index contributed by atoms with van der Waals surface area (Å²) in [5.74, 6) is 1.95. The van der Waals surface area contributed by atoms with Crippen molar-refractivity contribution in [3.05, 3.63) is 48.2 Å². The van der Waals surface area contributed by atoms with Crippen LogP contribution in [0.5, 0.6) is 5.75 Å². The van der Waals surface area contributed by atoms with E-state index in [2.05, 4.69) is 37.6 Å². The van der Waals surface area contributed by atoms with Gasteiger partial charge in [0.2, 0.25) is 5.91 Å². The Balaban J connectivity index is 1.39. The third-order valence-electron chi connectivity index (χ3n) is 5.70. The first-order valence-electron chi connectivity index (χ1n) is 10.3. The maximum Gasteiger partial charge on any atom is 0.237 e. The van der Waals surface area contributed by atoms with Gasteiger partial charge in [0.05, 0.1) is 18.8 Å². The van der Waals surface area contributed by atoms with Crippen LogP contribution in [-0.2, 0) is 11.3 Å². The van der Waals surface area contributed by atoms with Crippen molar-refractivity contribution < 1.29 is 9.53 Å². The third kappa shape index (κ3) is 4.45. The summed E-state index contributed by atoms with van der Waals surface area (Å²) in [5.41, 5.74) is 2.19. The van der Waals surface area contributed by atoms with Gasteiger partial charge in [0.1, 0.15) is 11.6 Å². The summed E-state index contributed by atoms with van der Waals surface area (Å²) in [6, 6.07) is 12.1. The molecule has 4 rings (SSSR count). The highest BCUT2D eigenvalue weighted by atomic mass is 16.5. The molecule has 0 unspecified atom stereocenters. The van der Waals surface area contributed by atoms with E-state index in [1.165, 1.54) is 0 Å². The van der Waals surface area contributed by atoms with E-state index < -0.39 is 0 Å². The van der Waals surface area contributed by atoms with Crippen LogP contribution in [0.2, 0.25) is 0 Å². The summed E-state index contributed by atoms with van der Waals surface area (Å²) in [7, 11) is 1.71. The first kappa shape index (κ1) is 19.5. The molecule has 2 aliphatic heterocycles. The maximum absolute atomic E-state index is 12.3. The zero-order valence-corrected chi connectivity index (χ0v) is 16.9. The molecule has 0 saturated carbocycles. The van der Waals surface area contributed by atoms with Crippen molar-refractivity contribution in [3.63, 3.8) is 0 Å². The van der Waals surface area contributed by atoms with Crippen molar-refractivity contribution in [1.29, 1.82) is 0 Å². The monoisotopic (exact) mass is 395 g/mol.